The molecular weight excluding hydrogens is 212 g/mol. The molecule has 2 nitrogen and oxygen atoms in total. The van der Waals surface area contributed by atoms with Gasteiger partial charge in [-0.15, -0.1) is 0 Å². The standard InChI is InChI=1S/C15H14O2/c1-10-7-8-17-15(10)14(16)13-6-5-11-3-2-4-12(11)9-13/h5-9H,2-4H2,1H3. The molecule has 0 radical (unpaired) electrons. The van der Waals surface area contributed by atoms with Crippen LogP contribution in [0.4, 0.5) is 0 Å². The number of carbonyl (C=O) groups is 1. The van der Waals surface area contributed by atoms with E-state index in [2.05, 4.69) is 6.07 Å². The van der Waals surface area contributed by atoms with Gasteiger partial charge in [0.1, 0.15) is 0 Å². The van der Waals surface area contributed by atoms with Crippen molar-refractivity contribution in [2.24, 2.45) is 0 Å². The van der Waals surface area contributed by atoms with E-state index < -0.39 is 0 Å². The van der Waals surface area contributed by atoms with E-state index in [9.17, 15) is 4.79 Å². The molecule has 2 heteroatoms. The van der Waals surface area contributed by atoms with Crippen LogP contribution >= 0.6 is 0 Å². The van der Waals surface area contributed by atoms with Gasteiger partial charge in [0.15, 0.2) is 5.76 Å². The zero-order valence-electron chi connectivity index (χ0n) is 9.82. The van der Waals surface area contributed by atoms with E-state index in [0.717, 1.165) is 24.0 Å². The Balaban J connectivity index is 2.00. The maximum Gasteiger partial charge on any atom is 0.228 e. The Morgan fingerprint density at radius 2 is 2.00 bits per heavy atom. The summed E-state index contributed by atoms with van der Waals surface area (Å²) in [6.45, 7) is 1.89. The normalized spacial score (nSPS) is 13.7. The van der Waals surface area contributed by atoms with Gasteiger partial charge in [0.05, 0.1) is 6.26 Å². The van der Waals surface area contributed by atoms with Crippen molar-refractivity contribution in [3.63, 3.8) is 0 Å². The van der Waals surface area contributed by atoms with Crippen molar-refractivity contribution in [2.45, 2.75) is 26.2 Å². The van der Waals surface area contributed by atoms with Gasteiger partial charge in [-0.05, 0) is 55.0 Å². The molecule has 0 spiro atoms. The van der Waals surface area contributed by atoms with E-state index >= 15 is 0 Å². The average molecular weight is 226 g/mol. The topological polar surface area (TPSA) is 30.2 Å². The van der Waals surface area contributed by atoms with Gasteiger partial charge >= 0.3 is 0 Å². The number of ketones is 1. The lowest BCUT2D eigenvalue weighted by atomic mass is 10.0. The van der Waals surface area contributed by atoms with Crippen molar-refractivity contribution in [3.05, 3.63) is 58.5 Å². The van der Waals surface area contributed by atoms with Crippen molar-refractivity contribution >= 4 is 5.78 Å². The van der Waals surface area contributed by atoms with Gasteiger partial charge in [0.2, 0.25) is 5.78 Å². The highest BCUT2D eigenvalue weighted by molar-refractivity contribution is 6.08. The predicted octanol–water partition coefficient (Wildman–Crippen LogP) is 3.31. The fourth-order valence-electron chi connectivity index (χ4n) is 2.45. The van der Waals surface area contributed by atoms with Crippen LogP contribution in [0.5, 0.6) is 0 Å². The van der Waals surface area contributed by atoms with Crippen molar-refractivity contribution in [1.82, 2.24) is 0 Å². The second-order valence-electron chi connectivity index (χ2n) is 4.60. The Hall–Kier alpha value is -1.83. The second kappa shape index (κ2) is 3.88. The van der Waals surface area contributed by atoms with Crippen molar-refractivity contribution < 1.29 is 9.21 Å². The van der Waals surface area contributed by atoms with Crippen LogP contribution in [-0.2, 0) is 12.8 Å². The second-order valence-corrected chi connectivity index (χ2v) is 4.60. The summed E-state index contributed by atoms with van der Waals surface area (Å²) < 4.78 is 5.25. The summed E-state index contributed by atoms with van der Waals surface area (Å²) in [5, 5.41) is 0. The third kappa shape index (κ3) is 1.70. The van der Waals surface area contributed by atoms with Crippen molar-refractivity contribution in [1.29, 1.82) is 0 Å². The van der Waals surface area contributed by atoms with Crippen LogP contribution in [0.1, 0.15) is 39.2 Å². The Bertz CT molecular complexity index is 578. The third-order valence-electron chi connectivity index (χ3n) is 3.43. The summed E-state index contributed by atoms with van der Waals surface area (Å²) in [4.78, 5) is 12.2. The van der Waals surface area contributed by atoms with E-state index in [4.69, 9.17) is 4.42 Å². The van der Waals surface area contributed by atoms with Crippen LogP contribution in [0.3, 0.4) is 0 Å². The lowest BCUT2D eigenvalue weighted by Gasteiger charge is -2.03. The maximum atomic E-state index is 12.2. The minimum Gasteiger partial charge on any atom is -0.461 e. The van der Waals surface area contributed by atoms with Crippen molar-refractivity contribution in [2.75, 3.05) is 0 Å². The Labute approximate surface area is 100 Å². The van der Waals surface area contributed by atoms with E-state index in [1.54, 1.807) is 6.26 Å². The van der Waals surface area contributed by atoms with Crippen molar-refractivity contribution in [3.8, 4) is 0 Å². The van der Waals surface area contributed by atoms with Crippen LogP contribution in [0, 0.1) is 6.92 Å². The largest absolute Gasteiger partial charge is 0.461 e. The lowest BCUT2D eigenvalue weighted by molar-refractivity contribution is 0.101. The Morgan fingerprint density at radius 1 is 1.18 bits per heavy atom. The minimum atomic E-state index is -0.0119. The van der Waals surface area contributed by atoms with Crippen LogP contribution in [0.25, 0.3) is 0 Å². The number of hydrogen-bond donors (Lipinski definition) is 0. The highest BCUT2D eigenvalue weighted by atomic mass is 16.3. The molecule has 0 unspecified atom stereocenters. The first kappa shape index (κ1) is 10.3. The van der Waals surface area contributed by atoms with E-state index in [1.807, 2.05) is 25.1 Å². The lowest BCUT2D eigenvalue weighted by Crippen LogP contribution is -2.02. The molecule has 0 amide bonds. The highest BCUT2D eigenvalue weighted by Gasteiger charge is 2.18. The zero-order valence-corrected chi connectivity index (χ0v) is 9.82. The molecule has 0 aliphatic heterocycles. The van der Waals surface area contributed by atoms with Gasteiger partial charge in [0.25, 0.3) is 0 Å². The summed E-state index contributed by atoms with van der Waals surface area (Å²) in [5.74, 6) is 0.449. The number of rotatable bonds is 2. The predicted molar refractivity (Wildman–Crippen MR) is 65.3 cm³/mol. The van der Waals surface area contributed by atoms with E-state index in [-0.39, 0.29) is 5.78 Å². The Kier molecular flexibility index (Phi) is 2.36. The SMILES string of the molecule is Cc1ccoc1C(=O)c1ccc2c(c1)CCC2. The molecular formula is C15H14O2. The molecule has 0 fully saturated rings. The molecule has 3 rings (SSSR count). The fourth-order valence-corrected chi connectivity index (χ4v) is 2.45. The van der Waals surface area contributed by atoms with Gasteiger partial charge in [-0.3, -0.25) is 4.79 Å². The number of fused-ring (bicyclic) bond motifs is 1. The third-order valence-corrected chi connectivity index (χ3v) is 3.43. The molecule has 1 aromatic carbocycles. The number of benzene rings is 1. The first-order chi connectivity index (χ1) is 8.25. The van der Waals surface area contributed by atoms with Crippen LogP contribution in [-0.4, -0.2) is 5.78 Å². The molecule has 0 saturated carbocycles. The van der Waals surface area contributed by atoms with Crippen LogP contribution in [0.15, 0.2) is 34.9 Å². The molecule has 0 saturated heterocycles. The van der Waals surface area contributed by atoms with Gasteiger partial charge in [0, 0.05) is 5.56 Å². The summed E-state index contributed by atoms with van der Waals surface area (Å²) in [6, 6.07) is 7.83. The molecule has 2 aromatic rings. The molecule has 1 heterocycles. The average Bonchev–Trinajstić information content (AvgIpc) is 2.95. The summed E-state index contributed by atoms with van der Waals surface area (Å²) in [6.07, 6.45) is 5.00. The van der Waals surface area contributed by atoms with Gasteiger partial charge in [-0.1, -0.05) is 12.1 Å². The minimum absolute atomic E-state index is 0.0119. The number of carbonyl (C=O) groups excluding carboxylic acids is 1. The first-order valence-corrected chi connectivity index (χ1v) is 5.96. The van der Waals surface area contributed by atoms with Crippen LogP contribution in [0.2, 0.25) is 0 Å². The smallest absolute Gasteiger partial charge is 0.228 e. The molecule has 86 valence electrons. The molecule has 0 N–H and O–H groups in total. The monoisotopic (exact) mass is 226 g/mol. The molecule has 1 aromatic heterocycles. The molecule has 0 atom stereocenters. The summed E-state index contributed by atoms with van der Waals surface area (Å²) >= 11 is 0. The van der Waals surface area contributed by atoms with Gasteiger partial charge < -0.3 is 4.42 Å². The highest BCUT2D eigenvalue weighted by Crippen LogP contribution is 2.24. The van der Waals surface area contributed by atoms with Gasteiger partial charge in [-0.25, -0.2) is 0 Å². The molecule has 1 aliphatic carbocycles. The number of hydrogen-bond acceptors (Lipinski definition) is 2. The Morgan fingerprint density at radius 3 is 2.76 bits per heavy atom. The van der Waals surface area contributed by atoms with E-state index in [1.165, 1.54) is 17.5 Å². The maximum absolute atomic E-state index is 12.2. The molecule has 17 heavy (non-hydrogen) atoms. The van der Waals surface area contributed by atoms with E-state index in [0.29, 0.717) is 5.76 Å². The summed E-state index contributed by atoms with van der Waals surface area (Å²) in [7, 11) is 0. The number of furan rings is 1. The summed E-state index contributed by atoms with van der Waals surface area (Å²) in [5.41, 5.74) is 4.34. The quantitative estimate of drug-likeness (QED) is 0.735. The van der Waals surface area contributed by atoms with Gasteiger partial charge in [-0.2, -0.15) is 0 Å². The van der Waals surface area contributed by atoms with Crippen LogP contribution < -0.4 is 0 Å². The molecule has 0 bridgehead atoms. The zero-order chi connectivity index (χ0) is 11.8. The molecule has 1 aliphatic rings. The first-order valence-electron chi connectivity index (χ1n) is 5.96. The number of aryl methyl sites for hydroxylation is 3. The fraction of sp³-hybridized carbons (Fsp3) is 0.267.